The van der Waals surface area contributed by atoms with Gasteiger partial charge < -0.3 is 20.3 Å². The highest BCUT2D eigenvalue weighted by atomic mass is 16.5. The molecule has 0 radical (unpaired) electrons. The zero-order chi connectivity index (χ0) is 13.8. The van der Waals surface area contributed by atoms with Crippen LogP contribution in [-0.4, -0.2) is 40.0 Å². The van der Waals surface area contributed by atoms with E-state index in [1.54, 1.807) is 18.2 Å². The molecular weight excluding hydrogens is 250 g/mol. The van der Waals surface area contributed by atoms with Crippen LogP contribution in [0.2, 0.25) is 0 Å². The van der Waals surface area contributed by atoms with Crippen LogP contribution in [0.5, 0.6) is 5.88 Å². The topological polar surface area (TPSA) is 105 Å². The molecule has 19 heavy (non-hydrogen) atoms. The van der Waals surface area contributed by atoms with Crippen LogP contribution in [0.3, 0.4) is 0 Å². The predicted molar refractivity (Wildman–Crippen MR) is 67.1 cm³/mol. The van der Waals surface area contributed by atoms with Gasteiger partial charge in [-0.05, 0) is 12.1 Å². The molecule has 0 aliphatic carbocycles. The van der Waals surface area contributed by atoms with Crippen LogP contribution in [-0.2, 0) is 0 Å². The number of carbonyl (C=O) groups is 1. The molecule has 7 heteroatoms. The van der Waals surface area contributed by atoms with Crippen molar-refractivity contribution < 1.29 is 19.7 Å². The van der Waals surface area contributed by atoms with Crippen molar-refractivity contribution in [1.82, 2.24) is 15.3 Å². The lowest BCUT2D eigenvalue weighted by Gasteiger charge is -2.16. The second kappa shape index (κ2) is 5.49. The summed E-state index contributed by atoms with van der Waals surface area (Å²) in [6.07, 6.45) is 0.324. The zero-order valence-corrected chi connectivity index (χ0v) is 10.2. The molecule has 0 aliphatic rings. The molecule has 2 aromatic heterocycles. The molecule has 0 aliphatic heterocycles. The molecule has 0 bridgehead atoms. The van der Waals surface area contributed by atoms with Gasteiger partial charge in [-0.2, -0.15) is 0 Å². The fraction of sp³-hybridized carbons (Fsp3) is 0.250. The average Bonchev–Trinajstić information content (AvgIpc) is 2.43. The van der Waals surface area contributed by atoms with Gasteiger partial charge in [-0.25, -0.2) is 9.78 Å². The lowest BCUT2D eigenvalue weighted by molar-refractivity contribution is 0.178. The first-order chi connectivity index (χ1) is 9.15. The molecule has 0 spiro atoms. The standard InChI is InChI=1S/C12H13N3O4/c1-19-10-3-2-8-11(15-10)7(4-5-13-8)9(6-16)14-12(17)18/h2-5,9,14,16H,6H2,1H3,(H,17,18)/t9-/m0/s1. The summed E-state index contributed by atoms with van der Waals surface area (Å²) in [5.74, 6) is 0.397. The molecular formula is C12H13N3O4. The van der Waals surface area contributed by atoms with Gasteiger partial charge in [-0.15, -0.1) is 0 Å². The predicted octanol–water partition coefficient (Wildman–Crippen LogP) is 0.939. The molecule has 7 nitrogen and oxygen atoms in total. The van der Waals surface area contributed by atoms with Crippen LogP contribution in [0, 0.1) is 0 Å². The molecule has 1 amide bonds. The fourth-order valence-corrected chi connectivity index (χ4v) is 1.79. The van der Waals surface area contributed by atoms with Gasteiger partial charge >= 0.3 is 6.09 Å². The summed E-state index contributed by atoms with van der Waals surface area (Å²) in [6, 6.07) is 4.24. The minimum absolute atomic E-state index is 0.371. The first-order valence-electron chi connectivity index (χ1n) is 5.55. The van der Waals surface area contributed by atoms with Crippen molar-refractivity contribution in [2.24, 2.45) is 0 Å². The second-order valence-corrected chi connectivity index (χ2v) is 3.81. The molecule has 0 unspecified atom stereocenters. The Morgan fingerprint density at radius 3 is 2.89 bits per heavy atom. The number of aliphatic hydroxyl groups is 1. The quantitative estimate of drug-likeness (QED) is 0.758. The normalized spacial score (nSPS) is 12.1. The van der Waals surface area contributed by atoms with Crippen LogP contribution in [0.4, 0.5) is 4.79 Å². The number of pyridine rings is 2. The summed E-state index contributed by atoms with van der Waals surface area (Å²) in [4.78, 5) is 19.1. The lowest BCUT2D eigenvalue weighted by atomic mass is 10.1. The highest BCUT2D eigenvalue weighted by Gasteiger charge is 2.17. The minimum Gasteiger partial charge on any atom is -0.481 e. The molecule has 0 fully saturated rings. The monoisotopic (exact) mass is 263 g/mol. The first-order valence-corrected chi connectivity index (χ1v) is 5.55. The second-order valence-electron chi connectivity index (χ2n) is 3.81. The Hall–Kier alpha value is -2.41. The molecule has 3 N–H and O–H groups in total. The molecule has 0 saturated heterocycles. The maximum atomic E-state index is 10.7. The molecule has 1 atom stereocenters. The maximum Gasteiger partial charge on any atom is 0.405 e. The zero-order valence-electron chi connectivity index (χ0n) is 10.2. The van der Waals surface area contributed by atoms with E-state index in [0.29, 0.717) is 22.5 Å². The summed E-state index contributed by atoms with van der Waals surface area (Å²) in [5.41, 5.74) is 1.65. The number of carboxylic acid groups (broad SMARTS) is 1. The SMILES string of the molecule is COc1ccc2nccc([C@H](CO)NC(=O)O)c2n1. The van der Waals surface area contributed by atoms with Crippen molar-refractivity contribution in [1.29, 1.82) is 0 Å². The van der Waals surface area contributed by atoms with Crippen molar-refractivity contribution in [2.45, 2.75) is 6.04 Å². The van der Waals surface area contributed by atoms with E-state index in [9.17, 15) is 9.90 Å². The number of nitrogens with one attached hydrogen (secondary N) is 1. The smallest absolute Gasteiger partial charge is 0.405 e. The van der Waals surface area contributed by atoms with E-state index in [-0.39, 0.29) is 6.61 Å². The van der Waals surface area contributed by atoms with Crippen LogP contribution < -0.4 is 10.1 Å². The largest absolute Gasteiger partial charge is 0.481 e. The Bertz CT molecular complexity index is 603. The van der Waals surface area contributed by atoms with E-state index >= 15 is 0 Å². The third-order valence-electron chi connectivity index (χ3n) is 2.65. The van der Waals surface area contributed by atoms with E-state index in [2.05, 4.69) is 15.3 Å². The van der Waals surface area contributed by atoms with Crippen molar-refractivity contribution in [3.05, 3.63) is 30.0 Å². The Morgan fingerprint density at radius 2 is 2.26 bits per heavy atom. The average molecular weight is 263 g/mol. The highest BCUT2D eigenvalue weighted by Crippen LogP contribution is 2.23. The minimum atomic E-state index is -1.22. The van der Waals surface area contributed by atoms with Gasteiger partial charge in [0.15, 0.2) is 0 Å². The lowest BCUT2D eigenvalue weighted by Crippen LogP contribution is -2.29. The van der Waals surface area contributed by atoms with Crippen LogP contribution in [0.25, 0.3) is 11.0 Å². The highest BCUT2D eigenvalue weighted by molar-refractivity contribution is 5.79. The fourth-order valence-electron chi connectivity index (χ4n) is 1.79. The van der Waals surface area contributed by atoms with Gasteiger partial charge in [-0.3, -0.25) is 4.98 Å². The van der Waals surface area contributed by atoms with Crippen LogP contribution >= 0.6 is 0 Å². The third-order valence-corrected chi connectivity index (χ3v) is 2.65. The third kappa shape index (κ3) is 2.71. The summed E-state index contributed by atoms with van der Waals surface area (Å²) in [5, 5.41) is 20.3. The van der Waals surface area contributed by atoms with E-state index in [4.69, 9.17) is 9.84 Å². The number of aromatic nitrogens is 2. The van der Waals surface area contributed by atoms with E-state index < -0.39 is 12.1 Å². The molecule has 2 aromatic rings. The van der Waals surface area contributed by atoms with Crippen LogP contribution in [0.1, 0.15) is 11.6 Å². The number of methoxy groups -OCH3 is 1. The molecule has 0 aromatic carbocycles. The number of nitrogens with zero attached hydrogens (tertiary/aromatic N) is 2. The summed E-state index contributed by atoms with van der Waals surface area (Å²) < 4.78 is 5.03. The van der Waals surface area contributed by atoms with Gasteiger partial charge in [0, 0.05) is 17.8 Å². The number of hydrogen-bond donors (Lipinski definition) is 3. The van der Waals surface area contributed by atoms with Gasteiger partial charge in [0.2, 0.25) is 5.88 Å². The van der Waals surface area contributed by atoms with Crippen molar-refractivity contribution in [3.63, 3.8) is 0 Å². The summed E-state index contributed by atoms with van der Waals surface area (Å²) in [7, 11) is 1.49. The number of amides is 1. The maximum absolute atomic E-state index is 10.7. The number of aliphatic hydroxyl groups excluding tert-OH is 1. The van der Waals surface area contributed by atoms with E-state index in [1.165, 1.54) is 13.3 Å². The number of rotatable bonds is 4. The van der Waals surface area contributed by atoms with Gasteiger partial charge in [-0.1, -0.05) is 0 Å². The molecule has 2 heterocycles. The Kier molecular flexibility index (Phi) is 3.76. The number of hydrogen-bond acceptors (Lipinski definition) is 5. The Morgan fingerprint density at radius 1 is 1.47 bits per heavy atom. The molecule has 2 rings (SSSR count). The summed E-state index contributed by atoms with van der Waals surface area (Å²) >= 11 is 0. The number of fused-ring (bicyclic) bond motifs is 1. The van der Waals surface area contributed by atoms with E-state index in [0.717, 1.165) is 0 Å². The first kappa shape index (κ1) is 13.0. The van der Waals surface area contributed by atoms with Crippen molar-refractivity contribution in [2.75, 3.05) is 13.7 Å². The van der Waals surface area contributed by atoms with Gasteiger partial charge in [0.05, 0.1) is 30.8 Å². The van der Waals surface area contributed by atoms with Crippen molar-refractivity contribution in [3.8, 4) is 5.88 Å². The number of ether oxygens (including phenoxy) is 1. The Labute approximate surface area is 108 Å². The van der Waals surface area contributed by atoms with E-state index in [1.807, 2.05) is 0 Å². The van der Waals surface area contributed by atoms with Gasteiger partial charge in [0.25, 0.3) is 0 Å². The Balaban J connectivity index is 2.54. The van der Waals surface area contributed by atoms with Crippen molar-refractivity contribution >= 4 is 17.1 Å². The summed E-state index contributed by atoms with van der Waals surface area (Å²) in [6.45, 7) is -0.371. The van der Waals surface area contributed by atoms with Gasteiger partial charge in [0.1, 0.15) is 0 Å². The molecule has 0 saturated carbocycles. The van der Waals surface area contributed by atoms with Crippen LogP contribution in [0.15, 0.2) is 24.4 Å². The molecule has 100 valence electrons.